The van der Waals surface area contributed by atoms with Gasteiger partial charge in [-0.05, 0) is 46.6 Å². The number of anilines is 2. The van der Waals surface area contributed by atoms with E-state index in [2.05, 4.69) is 48.0 Å². The normalized spacial score (nSPS) is 20.4. The zero-order valence-corrected chi connectivity index (χ0v) is 20.4. The Hall–Kier alpha value is -4.04. The molecule has 0 radical (unpaired) electrons. The summed E-state index contributed by atoms with van der Waals surface area (Å²) in [5, 5.41) is 3.44. The Kier molecular flexibility index (Phi) is 5.34. The second-order valence-electron chi connectivity index (χ2n) is 8.76. The molecule has 36 heavy (non-hydrogen) atoms. The van der Waals surface area contributed by atoms with E-state index in [0.717, 1.165) is 0 Å². The number of hydrogen-bond acceptors (Lipinski definition) is 6. The molecule has 4 heterocycles. The maximum atomic E-state index is 14.8. The highest BCUT2D eigenvalue weighted by atomic mass is 79.9. The number of pyridine rings is 1. The maximum Gasteiger partial charge on any atom is 0.248 e. The molecule has 0 unspecified atom stereocenters. The quantitative estimate of drug-likeness (QED) is 0.299. The van der Waals surface area contributed by atoms with Crippen molar-refractivity contribution in [3.63, 3.8) is 0 Å². The molecule has 9 nitrogen and oxygen atoms in total. The summed E-state index contributed by atoms with van der Waals surface area (Å²) in [6.07, 6.45) is 2.21. The fraction of sp³-hybridized carbons (Fsp3) is 0.240. The predicted octanol–water partition coefficient (Wildman–Crippen LogP) is 3.09. The van der Waals surface area contributed by atoms with Crippen LogP contribution < -0.4 is 11.1 Å². The summed E-state index contributed by atoms with van der Waals surface area (Å²) < 4.78 is 17.0. The van der Waals surface area contributed by atoms with E-state index in [-0.39, 0.29) is 41.5 Å². The lowest BCUT2D eigenvalue weighted by molar-refractivity contribution is -0.139. The minimum atomic E-state index is -0.715. The van der Waals surface area contributed by atoms with Crippen LogP contribution in [0.1, 0.15) is 12.8 Å². The van der Waals surface area contributed by atoms with Crippen LogP contribution in [0.4, 0.5) is 16.0 Å². The summed E-state index contributed by atoms with van der Waals surface area (Å²) in [6.45, 7) is -0.151. The molecule has 2 aliphatic rings. The van der Waals surface area contributed by atoms with Crippen LogP contribution in [0.2, 0.25) is 0 Å². The molecular weight excluding hydrogens is 529 g/mol. The van der Waals surface area contributed by atoms with E-state index >= 15 is 0 Å². The second kappa shape index (κ2) is 8.57. The smallest absolute Gasteiger partial charge is 0.248 e. The lowest BCUT2D eigenvalue weighted by atomic mass is 10.0. The summed E-state index contributed by atoms with van der Waals surface area (Å²) in [5.41, 5.74) is 6.90. The summed E-state index contributed by atoms with van der Waals surface area (Å²) >= 11 is 3.30. The number of nitrogens with two attached hydrogens (primary N) is 1. The molecule has 1 saturated heterocycles. The van der Waals surface area contributed by atoms with Crippen LogP contribution in [-0.2, 0) is 16.1 Å². The van der Waals surface area contributed by atoms with Crippen LogP contribution in [0.5, 0.6) is 0 Å². The summed E-state index contributed by atoms with van der Waals surface area (Å²) in [7, 11) is 0. The van der Waals surface area contributed by atoms with Crippen LogP contribution in [0.3, 0.4) is 0 Å². The van der Waals surface area contributed by atoms with Gasteiger partial charge in [0.2, 0.25) is 11.8 Å². The van der Waals surface area contributed by atoms with E-state index in [0.29, 0.717) is 39.8 Å². The summed E-state index contributed by atoms with van der Waals surface area (Å²) in [6, 6.07) is 8.87. The van der Waals surface area contributed by atoms with Gasteiger partial charge in [-0.15, -0.1) is 5.92 Å². The molecule has 1 aliphatic heterocycles. The minimum absolute atomic E-state index is 0.0891. The van der Waals surface area contributed by atoms with E-state index in [1.807, 2.05) is 0 Å². The molecule has 0 spiro atoms. The standard InChI is InChI=1S/C25H19BrFN7O2/c26-18-8-3-9-19(31-18)32-25(36)17-10-13-4-1-6-15(13)34(17)20(35)11-33-16-7-2-5-14(27)21(16)22-23(28)29-12-30-24(22)33/h2-3,5,7-9,12-13,15,17H,6,10-11H2,(H2,28,29,30)(H,31,32,36)/t13-,15-,17+/m1/s1. The van der Waals surface area contributed by atoms with Gasteiger partial charge in [0.15, 0.2) is 0 Å². The topological polar surface area (TPSA) is 119 Å². The molecule has 1 aliphatic carbocycles. The first-order valence-corrected chi connectivity index (χ1v) is 12.1. The predicted molar refractivity (Wildman–Crippen MR) is 135 cm³/mol. The Bertz CT molecular complexity index is 1570. The van der Waals surface area contributed by atoms with Crippen molar-refractivity contribution in [2.75, 3.05) is 11.1 Å². The van der Waals surface area contributed by atoms with Gasteiger partial charge in [0.25, 0.3) is 0 Å². The summed E-state index contributed by atoms with van der Waals surface area (Å²) in [4.78, 5) is 41.3. The zero-order chi connectivity index (χ0) is 25.0. The Morgan fingerprint density at radius 2 is 2.03 bits per heavy atom. The highest BCUT2D eigenvalue weighted by Gasteiger charge is 2.47. The van der Waals surface area contributed by atoms with Crippen LogP contribution in [0, 0.1) is 23.6 Å². The van der Waals surface area contributed by atoms with Crippen LogP contribution in [0.15, 0.2) is 47.3 Å². The lowest BCUT2D eigenvalue weighted by Gasteiger charge is -2.29. The maximum absolute atomic E-state index is 14.8. The molecular formula is C25H19BrFN7O2. The first kappa shape index (κ1) is 22.4. The molecule has 2 amide bonds. The van der Waals surface area contributed by atoms with E-state index in [9.17, 15) is 14.0 Å². The Balaban J connectivity index is 1.36. The summed E-state index contributed by atoms with van der Waals surface area (Å²) in [5.74, 6) is 5.55. The van der Waals surface area contributed by atoms with Crippen molar-refractivity contribution in [3.8, 4) is 11.8 Å². The number of benzene rings is 1. The SMILES string of the molecule is Nc1ncnc2c1c1c(F)cccc1n2CC(=O)N1[C@@H]2CC#C[C@@H]2C[C@H]1C(=O)Nc1cccc(Br)n1. The number of likely N-dealkylation sites (tertiary alicyclic amines) is 1. The highest BCUT2D eigenvalue weighted by molar-refractivity contribution is 9.10. The molecule has 3 aromatic heterocycles. The van der Waals surface area contributed by atoms with Crippen molar-refractivity contribution in [2.24, 2.45) is 5.92 Å². The number of carbonyl (C=O) groups is 2. The Morgan fingerprint density at radius 3 is 2.86 bits per heavy atom. The van der Waals surface area contributed by atoms with Gasteiger partial charge < -0.3 is 20.5 Å². The second-order valence-corrected chi connectivity index (χ2v) is 9.58. The number of amides is 2. The Labute approximate surface area is 213 Å². The number of nitrogen functional groups attached to an aromatic ring is 1. The number of carbonyl (C=O) groups excluding carboxylic acids is 2. The number of aromatic nitrogens is 4. The number of rotatable bonds is 4. The molecule has 0 saturated carbocycles. The molecule has 1 aromatic carbocycles. The Morgan fingerprint density at radius 1 is 1.19 bits per heavy atom. The van der Waals surface area contributed by atoms with Crippen molar-refractivity contribution in [3.05, 3.63) is 53.1 Å². The molecule has 180 valence electrons. The fourth-order valence-corrected chi connectivity index (χ4v) is 5.56. The molecule has 3 atom stereocenters. The molecule has 4 aromatic rings. The number of hydrogen-bond donors (Lipinski definition) is 2. The van der Waals surface area contributed by atoms with E-state index in [4.69, 9.17) is 5.73 Å². The number of nitrogens with one attached hydrogen (secondary N) is 1. The van der Waals surface area contributed by atoms with E-state index < -0.39 is 11.9 Å². The number of halogens is 2. The van der Waals surface area contributed by atoms with Gasteiger partial charge in [-0.25, -0.2) is 19.3 Å². The van der Waals surface area contributed by atoms with Crippen molar-refractivity contribution in [1.29, 1.82) is 0 Å². The largest absolute Gasteiger partial charge is 0.383 e. The fourth-order valence-electron chi connectivity index (χ4n) is 5.22. The van der Waals surface area contributed by atoms with Gasteiger partial charge in [0, 0.05) is 17.7 Å². The highest BCUT2D eigenvalue weighted by Crippen LogP contribution is 2.37. The number of fused-ring (bicyclic) bond motifs is 4. The van der Waals surface area contributed by atoms with Crippen molar-refractivity contribution >= 4 is 61.3 Å². The number of nitrogens with zero attached hydrogens (tertiary/aromatic N) is 5. The van der Waals surface area contributed by atoms with Crippen molar-refractivity contribution in [2.45, 2.75) is 31.5 Å². The van der Waals surface area contributed by atoms with Crippen molar-refractivity contribution < 1.29 is 14.0 Å². The third-order valence-electron chi connectivity index (χ3n) is 6.73. The first-order valence-electron chi connectivity index (χ1n) is 11.3. The third-order valence-corrected chi connectivity index (χ3v) is 7.17. The van der Waals surface area contributed by atoms with Gasteiger partial charge >= 0.3 is 0 Å². The van der Waals surface area contributed by atoms with Gasteiger partial charge in [0.1, 0.15) is 46.6 Å². The molecule has 6 rings (SSSR count). The van der Waals surface area contributed by atoms with Crippen LogP contribution in [-0.4, -0.2) is 48.3 Å². The minimum Gasteiger partial charge on any atom is -0.383 e. The lowest BCUT2D eigenvalue weighted by Crippen LogP contribution is -2.48. The average molecular weight is 548 g/mol. The van der Waals surface area contributed by atoms with Gasteiger partial charge in [-0.2, -0.15) is 0 Å². The van der Waals surface area contributed by atoms with Crippen LogP contribution in [0.25, 0.3) is 21.9 Å². The van der Waals surface area contributed by atoms with Crippen LogP contribution >= 0.6 is 15.9 Å². The zero-order valence-electron chi connectivity index (χ0n) is 18.8. The monoisotopic (exact) mass is 547 g/mol. The van der Waals surface area contributed by atoms with Gasteiger partial charge in [-0.1, -0.05) is 18.1 Å². The molecule has 3 N–H and O–H groups in total. The molecule has 0 bridgehead atoms. The average Bonchev–Trinajstić information content (AvgIpc) is 3.52. The van der Waals surface area contributed by atoms with E-state index in [1.165, 1.54) is 12.4 Å². The molecule has 11 heteroatoms. The van der Waals surface area contributed by atoms with Gasteiger partial charge in [0.05, 0.1) is 16.9 Å². The third kappa shape index (κ3) is 3.56. The molecule has 1 fully saturated rings. The van der Waals surface area contributed by atoms with E-state index in [1.54, 1.807) is 39.8 Å². The van der Waals surface area contributed by atoms with Gasteiger partial charge in [-0.3, -0.25) is 9.59 Å². The first-order chi connectivity index (χ1) is 17.4. The van der Waals surface area contributed by atoms with Crippen molar-refractivity contribution in [1.82, 2.24) is 24.4 Å².